The monoisotopic (exact) mass is 440 g/mol. The lowest BCUT2D eigenvalue weighted by Crippen LogP contribution is -2.43. The van der Waals surface area contributed by atoms with Gasteiger partial charge in [0.2, 0.25) is 11.6 Å². The Labute approximate surface area is 186 Å². The summed E-state index contributed by atoms with van der Waals surface area (Å²) in [6.07, 6.45) is 0. The first-order valence-corrected chi connectivity index (χ1v) is 11.3. The molecule has 1 aromatic carbocycles. The molecular formula is C23H28N4O3S. The second-order valence-electron chi connectivity index (χ2n) is 7.92. The summed E-state index contributed by atoms with van der Waals surface area (Å²) in [6.45, 7) is 11.7. The average molecular weight is 441 g/mol. The highest BCUT2D eigenvalue weighted by atomic mass is 32.2. The summed E-state index contributed by atoms with van der Waals surface area (Å²) < 4.78 is 5.79. The number of nitrogens with zero attached hydrogens (tertiary/aromatic N) is 3. The van der Waals surface area contributed by atoms with Crippen molar-refractivity contribution < 1.29 is 14.0 Å². The van der Waals surface area contributed by atoms with E-state index in [9.17, 15) is 9.59 Å². The van der Waals surface area contributed by atoms with Crippen molar-refractivity contribution in [2.24, 2.45) is 0 Å². The summed E-state index contributed by atoms with van der Waals surface area (Å²) in [7, 11) is 0. The van der Waals surface area contributed by atoms with Gasteiger partial charge in [0, 0.05) is 23.2 Å². The minimum absolute atomic E-state index is 0.0142. The van der Waals surface area contributed by atoms with Crippen LogP contribution in [-0.2, 0) is 4.79 Å². The Morgan fingerprint density at radius 1 is 1.06 bits per heavy atom. The molecule has 3 aromatic rings. The normalized spacial score (nSPS) is 11.4. The van der Waals surface area contributed by atoms with E-state index < -0.39 is 0 Å². The number of furan rings is 1. The van der Waals surface area contributed by atoms with E-state index in [0.29, 0.717) is 33.4 Å². The molecule has 2 aromatic heterocycles. The molecule has 0 radical (unpaired) electrons. The molecule has 8 heteroatoms. The van der Waals surface area contributed by atoms with Crippen LogP contribution in [0.15, 0.2) is 39.9 Å². The zero-order valence-corrected chi connectivity index (χ0v) is 19.5. The van der Waals surface area contributed by atoms with E-state index >= 15 is 0 Å². The molecule has 0 atom stereocenters. The number of hydrogen-bond donors (Lipinski definition) is 1. The summed E-state index contributed by atoms with van der Waals surface area (Å²) in [5, 5.41) is 3.93. The van der Waals surface area contributed by atoms with Crippen molar-refractivity contribution in [1.29, 1.82) is 0 Å². The van der Waals surface area contributed by atoms with Gasteiger partial charge in [0.05, 0.1) is 11.1 Å². The fraction of sp³-hybridized carbons (Fsp3) is 0.391. The number of rotatable bonds is 7. The second-order valence-corrected chi connectivity index (χ2v) is 8.86. The Morgan fingerprint density at radius 3 is 2.32 bits per heavy atom. The van der Waals surface area contributed by atoms with Gasteiger partial charge in [-0.2, -0.15) is 4.98 Å². The molecule has 0 saturated heterocycles. The van der Waals surface area contributed by atoms with E-state index in [4.69, 9.17) is 4.42 Å². The van der Waals surface area contributed by atoms with E-state index in [1.165, 1.54) is 11.8 Å². The molecule has 0 saturated carbocycles. The van der Waals surface area contributed by atoms with Crippen LogP contribution in [0.2, 0.25) is 0 Å². The van der Waals surface area contributed by atoms with E-state index in [1.54, 1.807) is 24.3 Å². The summed E-state index contributed by atoms with van der Waals surface area (Å²) in [6, 6.07) is 9.15. The SMILES string of the molecule is Cc1oc2nc(SCC(=O)N(C(C)C)C(C)C)nc(NC(=O)c3ccccc3)c2c1C. The van der Waals surface area contributed by atoms with Gasteiger partial charge in [-0.15, -0.1) is 0 Å². The molecule has 0 fully saturated rings. The van der Waals surface area contributed by atoms with E-state index in [0.717, 1.165) is 5.56 Å². The number of carbonyl (C=O) groups is 2. The number of aromatic nitrogens is 2. The number of thioether (sulfide) groups is 1. The van der Waals surface area contributed by atoms with Crippen LogP contribution in [-0.4, -0.2) is 44.5 Å². The third-order valence-corrected chi connectivity index (χ3v) is 5.83. The number of benzene rings is 1. The summed E-state index contributed by atoms with van der Waals surface area (Å²) >= 11 is 1.23. The van der Waals surface area contributed by atoms with E-state index in [-0.39, 0.29) is 29.7 Å². The van der Waals surface area contributed by atoms with Crippen molar-refractivity contribution in [2.45, 2.75) is 58.8 Å². The van der Waals surface area contributed by atoms with Crippen LogP contribution >= 0.6 is 11.8 Å². The Kier molecular flexibility index (Phi) is 7.00. The lowest BCUT2D eigenvalue weighted by molar-refractivity contribution is -0.131. The van der Waals surface area contributed by atoms with Crippen molar-refractivity contribution in [3.63, 3.8) is 0 Å². The highest BCUT2D eigenvalue weighted by Crippen LogP contribution is 2.31. The predicted molar refractivity (Wildman–Crippen MR) is 124 cm³/mol. The maximum absolute atomic E-state index is 12.7. The van der Waals surface area contributed by atoms with Gasteiger partial charge in [0.1, 0.15) is 11.6 Å². The third-order valence-electron chi connectivity index (χ3n) is 5.00. The number of anilines is 1. The Morgan fingerprint density at radius 2 is 1.71 bits per heavy atom. The van der Waals surface area contributed by atoms with Crippen molar-refractivity contribution in [3.05, 3.63) is 47.2 Å². The molecule has 164 valence electrons. The maximum Gasteiger partial charge on any atom is 0.256 e. The third kappa shape index (κ3) is 5.07. The van der Waals surface area contributed by atoms with Gasteiger partial charge in [-0.05, 0) is 53.7 Å². The highest BCUT2D eigenvalue weighted by molar-refractivity contribution is 7.99. The van der Waals surface area contributed by atoms with Crippen molar-refractivity contribution in [3.8, 4) is 0 Å². The Hall–Kier alpha value is -2.87. The Bertz CT molecular complexity index is 1090. The number of carbonyl (C=O) groups excluding carboxylic acids is 2. The molecule has 2 amide bonds. The predicted octanol–water partition coefficient (Wildman–Crippen LogP) is 4.83. The summed E-state index contributed by atoms with van der Waals surface area (Å²) in [5.41, 5.74) is 1.80. The first kappa shape index (κ1) is 22.8. The van der Waals surface area contributed by atoms with Crippen LogP contribution in [0.5, 0.6) is 0 Å². The van der Waals surface area contributed by atoms with E-state index in [2.05, 4.69) is 15.3 Å². The zero-order chi connectivity index (χ0) is 22.7. The van der Waals surface area contributed by atoms with Crippen LogP contribution in [0.1, 0.15) is 49.4 Å². The Balaban J connectivity index is 1.90. The lowest BCUT2D eigenvalue weighted by atomic mass is 10.2. The largest absolute Gasteiger partial charge is 0.443 e. The number of fused-ring (bicyclic) bond motifs is 1. The minimum atomic E-state index is -0.267. The number of aryl methyl sites for hydroxylation is 2. The number of nitrogens with one attached hydrogen (secondary N) is 1. The van der Waals surface area contributed by atoms with Gasteiger partial charge in [0.25, 0.3) is 5.91 Å². The zero-order valence-electron chi connectivity index (χ0n) is 18.7. The molecule has 0 aliphatic carbocycles. The fourth-order valence-corrected chi connectivity index (χ4v) is 4.23. The molecule has 2 heterocycles. The molecular weight excluding hydrogens is 412 g/mol. The van der Waals surface area contributed by atoms with Gasteiger partial charge >= 0.3 is 0 Å². The topological polar surface area (TPSA) is 88.3 Å². The van der Waals surface area contributed by atoms with Crippen molar-refractivity contribution >= 4 is 40.5 Å². The first-order chi connectivity index (χ1) is 14.7. The number of amides is 2. The lowest BCUT2D eigenvalue weighted by Gasteiger charge is -2.30. The molecule has 31 heavy (non-hydrogen) atoms. The molecule has 7 nitrogen and oxygen atoms in total. The van der Waals surface area contributed by atoms with Crippen molar-refractivity contribution in [1.82, 2.24) is 14.9 Å². The first-order valence-electron chi connectivity index (χ1n) is 10.3. The van der Waals surface area contributed by atoms with Gasteiger partial charge < -0.3 is 14.6 Å². The van der Waals surface area contributed by atoms with Crippen molar-refractivity contribution in [2.75, 3.05) is 11.1 Å². The summed E-state index contributed by atoms with van der Waals surface area (Å²) in [5.74, 6) is 1.04. The smallest absolute Gasteiger partial charge is 0.256 e. The van der Waals surface area contributed by atoms with Crippen LogP contribution in [0, 0.1) is 13.8 Å². The fourth-order valence-electron chi connectivity index (χ4n) is 3.53. The van der Waals surface area contributed by atoms with Gasteiger partial charge in [0.15, 0.2) is 5.16 Å². The average Bonchev–Trinajstić information content (AvgIpc) is 3.00. The molecule has 0 aliphatic rings. The van der Waals surface area contributed by atoms with Crippen LogP contribution in [0.25, 0.3) is 11.1 Å². The molecule has 3 rings (SSSR count). The molecule has 0 spiro atoms. The molecule has 0 unspecified atom stereocenters. The second kappa shape index (κ2) is 9.51. The standard InChI is InChI=1S/C23H28N4O3S/c1-13(2)27(14(3)4)18(28)12-31-23-25-20(19-15(5)16(6)30-22(19)26-23)24-21(29)17-10-8-7-9-11-17/h7-11,13-14H,12H2,1-6H3,(H,24,25,26,29). The van der Waals surface area contributed by atoms with Gasteiger partial charge in [-0.25, -0.2) is 4.98 Å². The quantitative estimate of drug-likeness (QED) is 0.418. The van der Waals surface area contributed by atoms with Crippen LogP contribution in [0.3, 0.4) is 0 Å². The summed E-state index contributed by atoms with van der Waals surface area (Å²) in [4.78, 5) is 36.3. The molecule has 0 aliphatic heterocycles. The minimum Gasteiger partial charge on any atom is -0.443 e. The maximum atomic E-state index is 12.7. The molecule has 0 bridgehead atoms. The van der Waals surface area contributed by atoms with Crippen LogP contribution in [0.4, 0.5) is 5.82 Å². The van der Waals surface area contributed by atoms with Gasteiger partial charge in [-0.3, -0.25) is 9.59 Å². The highest BCUT2D eigenvalue weighted by Gasteiger charge is 2.22. The molecule has 1 N–H and O–H groups in total. The van der Waals surface area contributed by atoms with Gasteiger partial charge in [-0.1, -0.05) is 30.0 Å². The van der Waals surface area contributed by atoms with Crippen LogP contribution < -0.4 is 5.32 Å². The van der Waals surface area contributed by atoms with E-state index in [1.807, 2.05) is 52.5 Å². The number of hydrogen-bond acceptors (Lipinski definition) is 6.